The van der Waals surface area contributed by atoms with Crippen LogP contribution in [0.25, 0.3) is 11.1 Å². The van der Waals surface area contributed by atoms with Crippen molar-refractivity contribution in [2.75, 3.05) is 18.4 Å². The molecule has 2 amide bonds. The Bertz CT molecular complexity index is 764. The number of carbonyl (C=O) groups is 2. The Morgan fingerprint density at radius 1 is 1.25 bits per heavy atom. The molecule has 3 N–H and O–H groups in total. The van der Waals surface area contributed by atoms with Gasteiger partial charge in [0, 0.05) is 12.2 Å². The van der Waals surface area contributed by atoms with Crippen molar-refractivity contribution in [2.24, 2.45) is 0 Å². The van der Waals surface area contributed by atoms with Crippen LogP contribution in [0.4, 0.5) is 5.82 Å². The highest BCUT2D eigenvalue weighted by Crippen LogP contribution is 2.27. The Balaban J connectivity index is 1.83. The van der Waals surface area contributed by atoms with Gasteiger partial charge in [-0.2, -0.15) is 0 Å². The third-order valence-corrected chi connectivity index (χ3v) is 4.18. The van der Waals surface area contributed by atoms with Gasteiger partial charge in [-0.15, -0.1) is 0 Å². The third kappa shape index (κ3) is 3.44. The second kappa shape index (κ2) is 6.80. The number of aromatic nitrogens is 1. The van der Waals surface area contributed by atoms with Gasteiger partial charge >= 0.3 is 0 Å². The lowest BCUT2D eigenvalue weighted by molar-refractivity contribution is -0.124. The minimum absolute atomic E-state index is 0.102. The number of hydrogen-bond donors (Lipinski definition) is 3. The van der Waals surface area contributed by atoms with E-state index in [9.17, 15) is 9.59 Å². The largest absolute Gasteiger partial charge is 0.353 e. The van der Waals surface area contributed by atoms with E-state index in [1.807, 2.05) is 50.2 Å². The van der Waals surface area contributed by atoms with Gasteiger partial charge in [-0.3, -0.25) is 14.9 Å². The zero-order valence-corrected chi connectivity index (χ0v) is 13.7. The zero-order valence-electron chi connectivity index (χ0n) is 13.7. The van der Waals surface area contributed by atoms with E-state index in [0.717, 1.165) is 22.4 Å². The molecular weight excluding hydrogens is 304 g/mol. The maximum absolute atomic E-state index is 12.4. The van der Waals surface area contributed by atoms with Crippen molar-refractivity contribution in [1.29, 1.82) is 0 Å². The molecular formula is C18H20N4O2. The molecule has 1 aromatic carbocycles. The number of hydrogen-bond acceptors (Lipinski definition) is 4. The monoisotopic (exact) mass is 324 g/mol. The van der Waals surface area contributed by atoms with Crippen molar-refractivity contribution in [2.45, 2.75) is 19.9 Å². The van der Waals surface area contributed by atoms with Crippen molar-refractivity contribution < 1.29 is 9.59 Å². The van der Waals surface area contributed by atoms with Crippen LogP contribution in [0.3, 0.4) is 0 Å². The van der Waals surface area contributed by atoms with E-state index in [1.54, 1.807) is 0 Å². The summed E-state index contributed by atoms with van der Waals surface area (Å²) in [6, 6.07) is 11.4. The fourth-order valence-corrected chi connectivity index (χ4v) is 2.68. The van der Waals surface area contributed by atoms with E-state index in [1.165, 1.54) is 0 Å². The van der Waals surface area contributed by atoms with Crippen LogP contribution in [0, 0.1) is 13.8 Å². The van der Waals surface area contributed by atoms with E-state index in [4.69, 9.17) is 0 Å². The molecule has 0 aliphatic carbocycles. The fraction of sp³-hybridized carbons (Fsp3) is 0.278. The first-order valence-electron chi connectivity index (χ1n) is 7.89. The third-order valence-electron chi connectivity index (χ3n) is 4.18. The molecule has 1 atom stereocenters. The normalized spacial score (nSPS) is 17.2. The van der Waals surface area contributed by atoms with Crippen LogP contribution in [0.2, 0.25) is 0 Å². The number of rotatable bonds is 3. The molecule has 0 saturated carbocycles. The Morgan fingerprint density at radius 2 is 2.00 bits per heavy atom. The predicted octanol–water partition coefficient (Wildman–Crippen LogP) is 1.39. The van der Waals surface area contributed by atoms with Gasteiger partial charge in [0.1, 0.15) is 11.9 Å². The lowest BCUT2D eigenvalue weighted by Gasteiger charge is -2.23. The molecule has 1 aromatic heterocycles. The fourth-order valence-electron chi connectivity index (χ4n) is 2.68. The molecule has 1 saturated heterocycles. The zero-order chi connectivity index (χ0) is 17.1. The highest BCUT2D eigenvalue weighted by atomic mass is 16.2. The number of nitrogens with one attached hydrogen (secondary N) is 3. The van der Waals surface area contributed by atoms with Crippen LogP contribution in [-0.2, 0) is 9.59 Å². The summed E-state index contributed by atoms with van der Waals surface area (Å²) in [6.07, 6.45) is 0. The number of aryl methyl sites for hydroxylation is 1. The molecule has 2 aromatic rings. The Morgan fingerprint density at radius 3 is 2.67 bits per heavy atom. The van der Waals surface area contributed by atoms with Crippen LogP contribution in [0.1, 0.15) is 11.3 Å². The number of benzene rings is 1. The minimum Gasteiger partial charge on any atom is -0.353 e. The summed E-state index contributed by atoms with van der Waals surface area (Å²) in [5.74, 6) is 0.208. The lowest BCUT2D eigenvalue weighted by atomic mass is 10.00. The minimum atomic E-state index is -0.453. The van der Waals surface area contributed by atoms with Crippen LogP contribution in [0.15, 0.2) is 36.4 Å². The summed E-state index contributed by atoms with van der Waals surface area (Å²) >= 11 is 0. The summed E-state index contributed by atoms with van der Waals surface area (Å²) in [7, 11) is 0. The molecule has 1 unspecified atom stereocenters. The van der Waals surface area contributed by atoms with Crippen molar-refractivity contribution >= 4 is 17.6 Å². The van der Waals surface area contributed by atoms with E-state index in [2.05, 4.69) is 20.9 Å². The summed E-state index contributed by atoms with van der Waals surface area (Å²) in [5, 5.41) is 8.42. The van der Waals surface area contributed by atoms with Gasteiger partial charge in [0.05, 0.1) is 6.54 Å². The first-order chi connectivity index (χ1) is 11.5. The number of amides is 2. The molecule has 1 fully saturated rings. The first-order valence-corrected chi connectivity index (χ1v) is 7.89. The number of nitrogens with zero attached hydrogens (tertiary/aromatic N) is 1. The van der Waals surface area contributed by atoms with Crippen molar-refractivity contribution in [3.05, 3.63) is 47.7 Å². The smallest absolute Gasteiger partial charge is 0.244 e. The predicted molar refractivity (Wildman–Crippen MR) is 92.6 cm³/mol. The van der Waals surface area contributed by atoms with Crippen LogP contribution >= 0.6 is 0 Å². The molecule has 1 aliphatic rings. The summed E-state index contributed by atoms with van der Waals surface area (Å²) in [4.78, 5) is 28.0. The highest BCUT2D eigenvalue weighted by Gasteiger charge is 2.24. The maximum atomic E-state index is 12.4. The quantitative estimate of drug-likeness (QED) is 0.797. The van der Waals surface area contributed by atoms with Gasteiger partial charge in [-0.05, 0) is 36.6 Å². The first kappa shape index (κ1) is 16.1. The van der Waals surface area contributed by atoms with Gasteiger partial charge in [0.15, 0.2) is 0 Å². The summed E-state index contributed by atoms with van der Waals surface area (Å²) < 4.78 is 0. The Kier molecular flexibility index (Phi) is 4.57. The summed E-state index contributed by atoms with van der Waals surface area (Å²) in [5.41, 5.74) is 4.08. The van der Waals surface area contributed by atoms with Gasteiger partial charge in [-0.1, -0.05) is 30.3 Å². The average molecular weight is 324 g/mol. The molecule has 24 heavy (non-hydrogen) atoms. The number of pyridine rings is 1. The topological polar surface area (TPSA) is 83.1 Å². The number of anilines is 1. The molecule has 0 spiro atoms. The lowest BCUT2D eigenvalue weighted by Crippen LogP contribution is -2.56. The molecule has 124 valence electrons. The van der Waals surface area contributed by atoms with Gasteiger partial charge in [-0.25, -0.2) is 4.98 Å². The standard InChI is InChI=1S/C18H20N4O2/c1-11-12(2)21-16(8-14(11)13-6-4-3-5-7-13)22-18(24)15-9-20-17(23)10-19-15/h3-8,15,19H,9-10H2,1-2H3,(H,20,23)(H,21,22,24). The van der Waals surface area contributed by atoms with E-state index >= 15 is 0 Å². The second-order valence-corrected chi connectivity index (χ2v) is 5.86. The molecule has 1 aliphatic heterocycles. The van der Waals surface area contributed by atoms with Gasteiger partial charge in [0.25, 0.3) is 0 Å². The van der Waals surface area contributed by atoms with E-state index < -0.39 is 6.04 Å². The molecule has 0 radical (unpaired) electrons. The number of piperazine rings is 1. The van der Waals surface area contributed by atoms with Crippen molar-refractivity contribution in [1.82, 2.24) is 15.6 Å². The van der Waals surface area contributed by atoms with Crippen LogP contribution in [-0.4, -0.2) is 35.9 Å². The van der Waals surface area contributed by atoms with Gasteiger partial charge in [0.2, 0.25) is 11.8 Å². The van der Waals surface area contributed by atoms with Crippen LogP contribution in [0.5, 0.6) is 0 Å². The van der Waals surface area contributed by atoms with E-state index in [0.29, 0.717) is 5.82 Å². The highest BCUT2D eigenvalue weighted by molar-refractivity contribution is 5.96. The Hall–Kier alpha value is -2.73. The second-order valence-electron chi connectivity index (χ2n) is 5.86. The maximum Gasteiger partial charge on any atom is 0.244 e. The Labute approximate surface area is 140 Å². The number of carbonyl (C=O) groups excluding carboxylic acids is 2. The van der Waals surface area contributed by atoms with Gasteiger partial charge < -0.3 is 10.6 Å². The average Bonchev–Trinajstić information content (AvgIpc) is 2.59. The molecule has 0 bridgehead atoms. The SMILES string of the molecule is Cc1nc(NC(=O)C2CNC(=O)CN2)cc(-c2ccccc2)c1C. The molecule has 3 rings (SSSR count). The van der Waals surface area contributed by atoms with Crippen molar-refractivity contribution in [3.8, 4) is 11.1 Å². The van der Waals surface area contributed by atoms with Crippen LogP contribution < -0.4 is 16.0 Å². The summed E-state index contributed by atoms with van der Waals surface area (Å²) in [6.45, 7) is 4.37. The molecule has 6 heteroatoms. The van der Waals surface area contributed by atoms with Crippen molar-refractivity contribution in [3.63, 3.8) is 0 Å². The van der Waals surface area contributed by atoms with E-state index in [-0.39, 0.29) is 24.9 Å². The molecule has 2 heterocycles. The molecule has 6 nitrogen and oxygen atoms in total.